The molecule has 1 aliphatic rings. The first kappa shape index (κ1) is 11.6. The number of nitrogens with zero attached hydrogens (tertiary/aromatic N) is 1. The summed E-state index contributed by atoms with van der Waals surface area (Å²) in [6.07, 6.45) is 0.580. The van der Waals surface area contributed by atoms with E-state index in [4.69, 9.17) is 0 Å². The van der Waals surface area contributed by atoms with E-state index in [1.54, 1.807) is 0 Å². The Kier molecular flexibility index (Phi) is 3.28. The Bertz CT molecular complexity index is 337. The smallest absolute Gasteiger partial charge is 0.0994 e. The lowest BCUT2D eigenvalue weighted by Crippen LogP contribution is -2.38. The molecule has 0 radical (unpaired) electrons. The highest BCUT2D eigenvalue weighted by Gasteiger charge is 2.29. The van der Waals surface area contributed by atoms with Gasteiger partial charge >= 0.3 is 0 Å². The summed E-state index contributed by atoms with van der Waals surface area (Å²) in [5.74, 6) is 0. The van der Waals surface area contributed by atoms with E-state index in [0.29, 0.717) is 13.1 Å². The number of β-amino-alcohol motifs (C(OH)–C–C–N with tert-alkyl or cyclic N) is 2. The Labute approximate surface area is 96.3 Å². The molecule has 88 valence electrons. The molecular weight excluding hydrogens is 202 g/mol. The molecule has 0 bridgehead atoms. The van der Waals surface area contributed by atoms with Gasteiger partial charge in [-0.2, -0.15) is 0 Å². The standard InChI is InChI=1S/C13H19NO2/c1-13(16,11-5-3-2-4-6-11)10-14-8-7-12(15)9-14/h2-6,12,15-16H,7-10H2,1H3/t12-,13?/m1/s1. The lowest BCUT2D eigenvalue weighted by atomic mass is 9.95. The van der Waals surface area contributed by atoms with Crippen molar-refractivity contribution in [3.63, 3.8) is 0 Å². The van der Waals surface area contributed by atoms with Gasteiger partial charge in [0.25, 0.3) is 0 Å². The minimum atomic E-state index is -0.842. The molecule has 0 amide bonds. The van der Waals surface area contributed by atoms with Gasteiger partial charge in [-0.15, -0.1) is 0 Å². The van der Waals surface area contributed by atoms with Gasteiger partial charge in [-0.25, -0.2) is 0 Å². The minimum Gasteiger partial charge on any atom is -0.392 e. The van der Waals surface area contributed by atoms with E-state index < -0.39 is 5.60 Å². The topological polar surface area (TPSA) is 43.7 Å². The molecule has 1 saturated heterocycles. The zero-order valence-electron chi connectivity index (χ0n) is 9.63. The third kappa shape index (κ3) is 2.61. The Morgan fingerprint density at radius 1 is 1.38 bits per heavy atom. The molecule has 1 aromatic rings. The van der Waals surface area contributed by atoms with E-state index in [2.05, 4.69) is 4.90 Å². The van der Waals surface area contributed by atoms with Crippen molar-refractivity contribution in [2.75, 3.05) is 19.6 Å². The first-order valence-corrected chi connectivity index (χ1v) is 5.76. The Morgan fingerprint density at radius 2 is 2.06 bits per heavy atom. The Hall–Kier alpha value is -0.900. The van der Waals surface area contributed by atoms with Crippen LogP contribution in [0.2, 0.25) is 0 Å². The molecule has 1 unspecified atom stereocenters. The van der Waals surface area contributed by atoms with Gasteiger partial charge in [0.15, 0.2) is 0 Å². The van der Waals surface area contributed by atoms with Crippen molar-refractivity contribution in [1.29, 1.82) is 0 Å². The quantitative estimate of drug-likeness (QED) is 0.799. The number of aliphatic hydroxyl groups excluding tert-OH is 1. The maximum atomic E-state index is 10.4. The number of rotatable bonds is 3. The molecule has 3 nitrogen and oxygen atoms in total. The molecule has 0 aliphatic carbocycles. The fraction of sp³-hybridized carbons (Fsp3) is 0.538. The molecule has 1 heterocycles. The number of aliphatic hydroxyl groups is 2. The maximum Gasteiger partial charge on any atom is 0.0994 e. The zero-order chi connectivity index (χ0) is 11.6. The van der Waals surface area contributed by atoms with Crippen LogP contribution in [-0.4, -0.2) is 40.9 Å². The van der Waals surface area contributed by atoms with Crippen LogP contribution >= 0.6 is 0 Å². The molecule has 0 spiro atoms. The number of hydrogen-bond acceptors (Lipinski definition) is 3. The number of benzene rings is 1. The Morgan fingerprint density at radius 3 is 2.62 bits per heavy atom. The molecule has 2 N–H and O–H groups in total. The molecule has 0 aromatic heterocycles. The first-order chi connectivity index (χ1) is 7.58. The van der Waals surface area contributed by atoms with Crippen molar-refractivity contribution in [3.05, 3.63) is 35.9 Å². The summed E-state index contributed by atoms with van der Waals surface area (Å²) in [4.78, 5) is 2.11. The summed E-state index contributed by atoms with van der Waals surface area (Å²) in [6, 6.07) is 9.68. The highest BCUT2D eigenvalue weighted by Crippen LogP contribution is 2.23. The fourth-order valence-electron chi connectivity index (χ4n) is 2.28. The van der Waals surface area contributed by atoms with Gasteiger partial charge in [0, 0.05) is 19.6 Å². The zero-order valence-corrected chi connectivity index (χ0v) is 9.63. The lowest BCUT2D eigenvalue weighted by molar-refractivity contribution is 0.0194. The molecule has 3 heteroatoms. The molecule has 16 heavy (non-hydrogen) atoms. The summed E-state index contributed by atoms with van der Waals surface area (Å²) in [5.41, 5.74) is 0.0853. The van der Waals surface area contributed by atoms with Gasteiger partial charge in [-0.1, -0.05) is 30.3 Å². The van der Waals surface area contributed by atoms with Crippen LogP contribution in [0, 0.1) is 0 Å². The van der Waals surface area contributed by atoms with E-state index in [1.807, 2.05) is 37.3 Å². The second-order valence-corrected chi connectivity index (χ2v) is 4.82. The van der Waals surface area contributed by atoms with Gasteiger partial charge in [0.2, 0.25) is 0 Å². The average molecular weight is 221 g/mol. The summed E-state index contributed by atoms with van der Waals surface area (Å²) < 4.78 is 0. The summed E-state index contributed by atoms with van der Waals surface area (Å²) >= 11 is 0. The van der Waals surface area contributed by atoms with Crippen LogP contribution in [0.3, 0.4) is 0 Å². The highest BCUT2D eigenvalue weighted by molar-refractivity contribution is 5.21. The van der Waals surface area contributed by atoms with Crippen LogP contribution < -0.4 is 0 Å². The van der Waals surface area contributed by atoms with Crippen LogP contribution in [-0.2, 0) is 5.60 Å². The second kappa shape index (κ2) is 4.53. The summed E-state index contributed by atoms with van der Waals surface area (Å²) in [5, 5.41) is 19.9. The summed E-state index contributed by atoms with van der Waals surface area (Å²) in [6.45, 7) is 3.94. The van der Waals surface area contributed by atoms with Gasteiger partial charge in [0.1, 0.15) is 0 Å². The molecule has 2 atom stereocenters. The van der Waals surface area contributed by atoms with Gasteiger partial charge in [-0.3, -0.25) is 4.90 Å². The van der Waals surface area contributed by atoms with Crippen LogP contribution in [0.1, 0.15) is 18.9 Å². The highest BCUT2D eigenvalue weighted by atomic mass is 16.3. The molecular formula is C13H19NO2. The largest absolute Gasteiger partial charge is 0.392 e. The second-order valence-electron chi connectivity index (χ2n) is 4.82. The van der Waals surface area contributed by atoms with E-state index in [9.17, 15) is 10.2 Å². The minimum absolute atomic E-state index is 0.230. The number of likely N-dealkylation sites (tertiary alicyclic amines) is 1. The maximum absolute atomic E-state index is 10.4. The van der Waals surface area contributed by atoms with Crippen LogP contribution in [0.15, 0.2) is 30.3 Å². The van der Waals surface area contributed by atoms with Crippen LogP contribution in [0.25, 0.3) is 0 Å². The normalized spacial score (nSPS) is 25.6. The van der Waals surface area contributed by atoms with Crippen molar-refractivity contribution in [2.24, 2.45) is 0 Å². The fourth-order valence-corrected chi connectivity index (χ4v) is 2.28. The molecule has 2 rings (SSSR count). The lowest BCUT2D eigenvalue weighted by Gasteiger charge is -2.29. The van der Waals surface area contributed by atoms with Crippen molar-refractivity contribution >= 4 is 0 Å². The molecule has 0 saturated carbocycles. The van der Waals surface area contributed by atoms with Crippen molar-refractivity contribution in [3.8, 4) is 0 Å². The van der Waals surface area contributed by atoms with Crippen molar-refractivity contribution in [2.45, 2.75) is 25.0 Å². The molecule has 1 aliphatic heterocycles. The molecule has 1 aromatic carbocycles. The van der Waals surface area contributed by atoms with E-state index >= 15 is 0 Å². The first-order valence-electron chi connectivity index (χ1n) is 5.76. The van der Waals surface area contributed by atoms with Crippen molar-refractivity contribution in [1.82, 2.24) is 4.90 Å². The van der Waals surface area contributed by atoms with E-state index in [1.165, 1.54) is 0 Å². The monoisotopic (exact) mass is 221 g/mol. The van der Waals surface area contributed by atoms with Crippen molar-refractivity contribution < 1.29 is 10.2 Å². The van der Waals surface area contributed by atoms with E-state index in [0.717, 1.165) is 18.5 Å². The van der Waals surface area contributed by atoms with Crippen LogP contribution in [0.5, 0.6) is 0 Å². The van der Waals surface area contributed by atoms with Gasteiger partial charge in [0.05, 0.1) is 11.7 Å². The van der Waals surface area contributed by atoms with E-state index in [-0.39, 0.29) is 6.10 Å². The van der Waals surface area contributed by atoms with Gasteiger partial charge < -0.3 is 10.2 Å². The Balaban J connectivity index is 2.03. The predicted octanol–water partition coefficient (Wildman–Crippen LogP) is 0.961. The number of hydrogen-bond donors (Lipinski definition) is 2. The third-order valence-corrected chi connectivity index (χ3v) is 3.17. The van der Waals surface area contributed by atoms with Gasteiger partial charge in [-0.05, 0) is 18.9 Å². The summed E-state index contributed by atoms with van der Waals surface area (Å²) in [7, 11) is 0. The average Bonchev–Trinajstić information content (AvgIpc) is 2.64. The SMILES string of the molecule is CC(O)(CN1CC[C@@H](O)C1)c1ccccc1. The van der Waals surface area contributed by atoms with Crippen LogP contribution in [0.4, 0.5) is 0 Å². The molecule has 1 fully saturated rings. The third-order valence-electron chi connectivity index (χ3n) is 3.17. The predicted molar refractivity (Wildman–Crippen MR) is 63.1 cm³/mol.